The van der Waals surface area contributed by atoms with Gasteiger partial charge < -0.3 is 10.3 Å². The number of hydrogen-bond donors (Lipinski definition) is 2. The van der Waals surface area contributed by atoms with Crippen LogP contribution in [0.15, 0.2) is 35.1 Å². The summed E-state index contributed by atoms with van der Waals surface area (Å²) < 4.78 is 0. The highest BCUT2D eigenvalue weighted by Gasteiger charge is 2.26. The van der Waals surface area contributed by atoms with Gasteiger partial charge in [0, 0.05) is 11.6 Å². The molecule has 1 amide bonds. The van der Waals surface area contributed by atoms with Crippen LogP contribution in [-0.2, 0) is 0 Å². The van der Waals surface area contributed by atoms with Crippen LogP contribution in [0.1, 0.15) is 36.7 Å². The summed E-state index contributed by atoms with van der Waals surface area (Å²) in [6.07, 6.45) is 6.93. The first-order valence-corrected chi connectivity index (χ1v) is 5.76. The van der Waals surface area contributed by atoms with Crippen LogP contribution in [0.5, 0.6) is 0 Å². The second-order valence-electron chi connectivity index (χ2n) is 4.66. The molecule has 0 saturated carbocycles. The van der Waals surface area contributed by atoms with Crippen molar-refractivity contribution in [3.8, 4) is 0 Å². The van der Waals surface area contributed by atoms with E-state index < -0.39 is 0 Å². The van der Waals surface area contributed by atoms with Gasteiger partial charge in [-0.15, -0.1) is 0 Å². The summed E-state index contributed by atoms with van der Waals surface area (Å²) in [6.45, 7) is 2.02. The van der Waals surface area contributed by atoms with Crippen molar-refractivity contribution in [1.82, 2.24) is 10.3 Å². The summed E-state index contributed by atoms with van der Waals surface area (Å²) in [5.74, 6) is -0.222. The summed E-state index contributed by atoms with van der Waals surface area (Å²) in [4.78, 5) is 25.6. The third-order valence-corrected chi connectivity index (χ3v) is 3.03. The molecule has 2 rings (SSSR count). The van der Waals surface area contributed by atoms with Gasteiger partial charge in [-0.05, 0) is 32.3 Å². The van der Waals surface area contributed by atoms with Gasteiger partial charge in [-0.1, -0.05) is 18.2 Å². The van der Waals surface area contributed by atoms with Gasteiger partial charge in [0.2, 0.25) is 5.56 Å². The van der Waals surface area contributed by atoms with Crippen LogP contribution < -0.4 is 10.9 Å². The number of aromatic amines is 1. The van der Waals surface area contributed by atoms with Gasteiger partial charge in [0.05, 0.1) is 0 Å². The van der Waals surface area contributed by atoms with Gasteiger partial charge in [-0.25, -0.2) is 0 Å². The second-order valence-corrected chi connectivity index (χ2v) is 4.66. The minimum Gasteiger partial charge on any atom is -0.345 e. The van der Waals surface area contributed by atoms with Crippen LogP contribution in [0.3, 0.4) is 0 Å². The molecule has 90 valence electrons. The fourth-order valence-corrected chi connectivity index (χ4v) is 2.00. The number of H-pyrrole nitrogens is 1. The van der Waals surface area contributed by atoms with Crippen molar-refractivity contribution >= 4 is 5.91 Å². The van der Waals surface area contributed by atoms with Crippen LogP contribution in [0.4, 0.5) is 0 Å². The molecule has 1 aliphatic carbocycles. The largest absolute Gasteiger partial charge is 0.345 e. The number of pyridine rings is 1. The lowest BCUT2D eigenvalue weighted by Gasteiger charge is -2.31. The molecule has 1 aliphatic rings. The number of amides is 1. The van der Waals surface area contributed by atoms with Gasteiger partial charge >= 0.3 is 0 Å². The number of carbonyl (C=O) groups is 1. The van der Waals surface area contributed by atoms with E-state index in [1.54, 1.807) is 12.1 Å². The summed E-state index contributed by atoms with van der Waals surface area (Å²) in [5.41, 5.74) is -0.155. The lowest BCUT2D eigenvalue weighted by molar-refractivity contribution is 0.0895. The van der Waals surface area contributed by atoms with E-state index in [9.17, 15) is 9.59 Å². The van der Waals surface area contributed by atoms with Crippen LogP contribution >= 0.6 is 0 Å². The zero-order chi connectivity index (χ0) is 12.3. The van der Waals surface area contributed by atoms with E-state index in [0.29, 0.717) is 5.69 Å². The second kappa shape index (κ2) is 4.57. The maximum Gasteiger partial charge on any atom is 0.268 e. The highest BCUT2D eigenvalue weighted by atomic mass is 16.2. The minimum atomic E-state index is -0.258. The van der Waals surface area contributed by atoms with Crippen molar-refractivity contribution in [2.75, 3.05) is 0 Å². The van der Waals surface area contributed by atoms with Crippen LogP contribution in [0.2, 0.25) is 0 Å². The number of hydrogen-bond acceptors (Lipinski definition) is 2. The van der Waals surface area contributed by atoms with Crippen LogP contribution in [0.25, 0.3) is 0 Å². The Morgan fingerprint density at radius 3 is 2.88 bits per heavy atom. The molecule has 4 nitrogen and oxygen atoms in total. The SMILES string of the molecule is CC1(NC(=O)c2cccc(=O)[nH]2)CC=CCC1. The van der Waals surface area contributed by atoms with E-state index in [-0.39, 0.29) is 17.0 Å². The molecule has 0 radical (unpaired) electrons. The third kappa shape index (κ3) is 2.84. The molecule has 1 heterocycles. The standard InChI is InChI=1S/C13H16N2O2/c1-13(8-3-2-4-9-13)15-12(17)10-6-5-7-11(16)14-10/h2-3,5-7H,4,8-9H2,1H3,(H,14,16)(H,15,17). The Labute approximate surface area is 99.7 Å². The molecule has 0 bridgehead atoms. The monoisotopic (exact) mass is 232 g/mol. The summed E-state index contributed by atoms with van der Waals surface area (Å²) in [7, 11) is 0. The van der Waals surface area contributed by atoms with E-state index in [2.05, 4.69) is 22.5 Å². The zero-order valence-corrected chi connectivity index (χ0v) is 9.82. The Balaban J connectivity index is 2.11. The first-order valence-electron chi connectivity index (χ1n) is 5.76. The van der Waals surface area contributed by atoms with E-state index in [1.807, 2.05) is 6.92 Å². The predicted octanol–water partition coefficient (Wildman–Crippen LogP) is 1.60. The molecular formula is C13H16N2O2. The molecular weight excluding hydrogens is 216 g/mol. The topological polar surface area (TPSA) is 62.0 Å². The Bertz CT molecular complexity index is 504. The molecule has 4 heteroatoms. The summed E-state index contributed by atoms with van der Waals surface area (Å²) in [5, 5.41) is 2.98. The number of aromatic nitrogens is 1. The Kier molecular flexibility index (Phi) is 3.13. The molecule has 0 aromatic carbocycles. The van der Waals surface area contributed by atoms with Crippen molar-refractivity contribution in [1.29, 1.82) is 0 Å². The van der Waals surface area contributed by atoms with Crippen LogP contribution in [-0.4, -0.2) is 16.4 Å². The van der Waals surface area contributed by atoms with Crippen molar-refractivity contribution in [2.24, 2.45) is 0 Å². The van der Waals surface area contributed by atoms with Gasteiger partial charge in [0.1, 0.15) is 5.69 Å². The van der Waals surface area contributed by atoms with Gasteiger partial charge in [0.15, 0.2) is 0 Å². The average Bonchev–Trinajstić information content (AvgIpc) is 2.29. The molecule has 1 atom stereocenters. The van der Waals surface area contributed by atoms with Gasteiger partial charge in [-0.3, -0.25) is 9.59 Å². The molecule has 17 heavy (non-hydrogen) atoms. The average molecular weight is 232 g/mol. The molecule has 0 aliphatic heterocycles. The van der Waals surface area contributed by atoms with Gasteiger partial charge in [-0.2, -0.15) is 0 Å². The first kappa shape index (κ1) is 11.6. The van der Waals surface area contributed by atoms with Crippen molar-refractivity contribution in [2.45, 2.75) is 31.7 Å². The van der Waals surface area contributed by atoms with Crippen molar-refractivity contribution < 1.29 is 4.79 Å². The molecule has 1 unspecified atom stereocenters. The molecule has 0 fully saturated rings. The smallest absolute Gasteiger partial charge is 0.268 e. The Hall–Kier alpha value is -1.84. The molecule has 1 aromatic rings. The fraction of sp³-hybridized carbons (Fsp3) is 0.385. The summed E-state index contributed by atoms with van der Waals surface area (Å²) >= 11 is 0. The van der Waals surface area contributed by atoms with E-state index in [4.69, 9.17) is 0 Å². The number of allylic oxidation sites excluding steroid dienone is 1. The maximum atomic E-state index is 12.0. The lowest BCUT2D eigenvalue weighted by atomic mass is 9.87. The minimum absolute atomic E-state index is 0.210. The number of rotatable bonds is 2. The first-order chi connectivity index (χ1) is 8.09. The molecule has 0 saturated heterocycles. The molecule has 2 N–H and O–H groups in total. The maximum absolute atomic E-state index is 12.0. The van der Waals surface area contributed by atoms with Crippen LogP contribution in [0, 0.1) is 0 Å². The molecule has 1 aromatic heterocycles. The predicted molar refractivity (Wildman–Crippen MR) is 65.9 cm³/mol. The number of carbonyl (C=O) groups excluding carboxylic acids is 1. The van der Waals surface area contributed by atoms with Crippen molar-refractivity contribution in [3.05, 3.63) is 46.4 Å². The Morgan fingerprint density at radius 1 is 1.41 bits per heavy atom. The third-order valence-electron chi connectivity index (χ3n) is 3.03. The Morgan fingerprint density at radius 2 is 2.24 bits per heavy atom. The van der Waals surface area contributed by atoms with Gasteiger partial charge in [0.25, 0.3) is 5.91 Å². The van der Waals surface area contributed by atoms with E-state index >= 15 is 0 Å². The highest BCUT2D eigenvalue weighted by molar-refractivity contribution is 5.92. The molecule has 0 spiro atoms. The highest BCUT2D eigenvalue weighted by Crippen LogP contribution is 2.22. The normalized spacial score (nSPS) is 23.4. The number of nitrogens with one attached hydrogen (secondary N) is 2. The van der Waals surface area contributed by atoms with E-state index in [1.165, 1.54) is 6.07 Å². The van der Waals surface area contributed by atoms with E-state index in [0.717, 1.165) is 19.3 Å². The fourth-order valence-electron chi connectivity index (χ4n) is 2.00. The zero-order valence-electron chi connectivity index (χ0n) is 9.82. The van der Waals surface area contributed by atoms with Crippen molar-refractivity contribution in [3.63, 3.8) is 0 Å². The quantitative estimate of drug-likeness (QED) is 0.761. The summed E-state index contributed by atoms with van der Waals surface area (Å²) in [6, 6.07) is 4.58. The lowest BCUT2D eigenvalue weighted by Crippen LogP contribution is -2.46.